The minimum atomic E-state index is -4.41. The summed E-state index contributed by atoms with van der Waals surface area (Å²) in [4.78, 5) is 23.2. The van der Waals surface area contributed by atoms with Gasteiger partial charge < -0.3 is 4.74 Å². The van der Waals surface area contributed by atoms with Crippen LogP contribution in [0.15, 0.2) is 48.5 Å². The lowest BCUT2D eigenvalue weighted by Gasteiger charge is -2.21. The van der Waals surface area contributed by atoms with Crippen molar-refractivity contribution in [2.75, 3.05) is 12.9 Å². The zero-order valence-electron chi connectivity index (χ0n) is 15.8. The van der Waals surface area contributed by atoms with E-state index in [1.165, 1.54) is 48.5 Å². The molecule has 5 nitrogen and oxygen atoms in total. The molecule has 0 heterocycles. The fourth-order valence-corrected chi connectivity index (χ4v) is 4.89. The first-order valence-electron chi connectivity index (χ1n) is 8.67. The average molecular weight is 479 g/mol. The van der Waals surface area contributed by atoms with E-state index in [0.717, 1.165) is 7.11 Å². The maximum absolute atomic E-state index is 14.2. The standard InChI is InChI=1S/C20H18Cl2F2O5S/c1-29-18(26)10-11-20(23,24)17(25)12-30(27,28)19(13-2-6-15(21)7-3-13)14-4-8-16(22)9-5-14/h2-9,19H,10-12H2,1H3. The molecule has 0 aliphatic rings. The maximum atomic E-state index is 14.2. The lowest BCUT2D eigenvalue weighted by molar-refractivity contribution is -0.147. The fraction of sp³-hybridized carbons (Fsp3) is 0.300. The van der Waals surface area contributed by atoms with E-state index >= 15 is 0 Å². The minimum absolute atomic E-state index is 0.257. The number of hydrogen-bond donors (Lipinski definition) is 0. The van der Waals surface area contributed by atoms with Crippen molar-refractivity contribution < 1.29 is 31.5 Å². The quantitative estimate of drug-likeness (QED) is 0.490. The predicted molar refractivity (Wildman–Crippen MR) is 110 cm³/mol. The molecular formula is C20H18Cl2F2O5S. The number of Topliss-reactive ketones (excluding diaryl/α,β-unsaturated/α-hetero) is 1. The second kappa shape index (κ2) is 9.85. The van der Waals surface area contributed by atoms with Crippen molar-refractivity contribution in [3.05, 3.63) is 69.7 Å². The molecule has 0 radical (unpaired) electrons. The van der Waals surface area contributed by atoms with E-state index in [0.29, 0.717) is 10.0 Å². The molecule has 0 fully saturated rings. The molecule has 2 aromatic rings. The molecule has 162 valence electrons. The predicted octanol–water partition coefficient (Wildman–Crippen LogP) is 4.66. The number of sulfone groups is 1. The molecule has 2 rings (SSSR count). The molecule has 0 N–H and O–H groups in total. The van der Waals surface area contributed by atoms with Crippen molar-refractivity contribution in [1.82, 2.24) is 0 Å². The number of hydrogen-bond acceptors (Lipinski definition) is 5. The molecule has 0 bridgehead atoms. The Labute approximate surface area is 182 Å². The number of ketones is 1. The Kier molecular flexibility index (Phi) is 7.96. The summed E-state index contributed by atoms with van der Waals surface area (Å²) in [7, 11) is -3.39. The van der Waals surface area contributed by atoms with Crippen molar-refractivity contribution in [3.8, 4) is 0 Å². The Balaban J connectivity index is 2.37. The molecular weight excluding hydrogens is 461 g/mol. The van der Waals surface area contributed by atoms with Gasteiger partial charge in [0.05, 0.1) is 13.5 Å². The van der Waals surface area contributed by atoms with Gasteiger partial charge in [-0.2, -0.15) is 8.78 Å². The van der Waals surface area contributed by atoms with Gasteiger partial charge >= 0.3 is 11.9 Å². The van der Waals surface area contributed by atoms with Gasteiger partial charge in [-0.05, 0) is 35.4 Å². The van der Waals surface area contributed by atoms with Crippen LogP contribution >= 0.6 is 23.2 Å². The summed E-state index contributed by atoms with van der Waals surface area (Å²) in [5, 5.41) is -0.666. The molecule has 10 heteroatoms. The van der Waals surface area contributed by atoms with Crippen LogP contribution in [0.2, 0.25) is 10.0 Å². The smallest absolute Gasteiger partial charge is 0.306 e. The number of rotatable bonds is 9. The van der Waals surface area contributed by atoms with Crippen LogP contribution in [-0.4, -0.2) is 39.0 Å². The Morgan fingerprint density at radius 1 is 0.967 bits per heavy atom. The maximum Gasteiger partial charge on any atom is 0.306 e. The minimum Gasteiger partial charge on any atom is -0.469 e. The van der Waals surface area contributed by atoms with Gasteiger partial charge in [-0.25, -0.2) is 8.42 Å². The lowest BCUT2D eigenvalue weighted by Crippen LogP contribution is -2.36. The van der Waals surface area contributed by atoms with Crippen molar-refractivity contribution in [1.29, 1.82) is 0 Å². The Hall–Kier alpha value is -2.03. The first kappa shape index (κ1) is 24.2. The van der Waals surface area contributed by atoms with Gasteiger partial charge in [-0.15, -0.1) is 0 Å². The van der Waals surface area contributed by atoms with Crippen LogP contribution < -0.4 is 0 Å². The number of methoxy groups -OCH3 is 1. The number of esters is 1. The van der Waals surface area contributed by atoms with Crippen molar-refractivity contribution in [2.45, 2.75) is 24.0 Å². The SMILES string of the molecule is COC(=O)CCC(F)(F)C(=O)CS(=O)(=O)C(c1ccc(Cl)cc1)c1ccc(Cl)cc1. The van der Waals surface area contributed by atoms with Gasteiger partial charge in [-0.1, -0.05) is 47.5 Å². The highest BCUT2D eigenvalue weighted by molar-refractivity contribution is 7.92. The summed E-state index contributed by atoms with van der Waals surface area (Å²) in [6, 6.07) is 11.6. The molecule has 0 saturated carbocycles. The summed E-state index contributed by atoms with van der Waals surface area (Å²) in [5.41, 5.74) is 0.514. The van der Waals surface area contributed by atoms with Gasteiger partial charge in [0, 0.05) is 16.5 Å². The van der Waals surface area contributed by atoms with Crippen LogP contribution in [0.4, 0.5) is 8.78 Å². The third-order valence-electron chi connectivity index (χ3n) is 4.32. The molecule has 0 aliphatic carbocycles. The number of ether oxygens (including phenoxy) is 1. The number of halogens is 4. The fourth-order valence-electron chi connectivity index (χ4n) is 2.75. The molecule has 0 saturated heterocycles. The van der Waals surface area contributed by atoms with Crippen LogP contribution in [0.25, 0.3) is 0 Å². The van der Waals surface area contributed by atoms with E-state index in [1.807, 2.05) is 0 Å². The second-order valence-electron chi connectivity index (χ2n) is 6.49. The van der Waals surface area contributed by atoms with Crippen molar-refractivity contribution in [3.63, 3.8) is 0 Å². The molecule has 30 heavy (non-hydrogen) atoms. The third kappa shape index (κ3) is 6.23. The molecule has 2 aromatic carbocycles. The van der Waals surface area contributed by atoms with Crippen molar-refractivity contribution in [2.24, 2.45) is 0 Å². The Morgan fingerprint density at radius 3 is 1.80 bits per heavy atom. The lowest BCUT2D eigenvalue weighted by atomic mass is 10.0. The van der Waals surface area contributed by atoms with Crippen LogP contribution in [0.5, 0.6) is 0 Å². The summed E-state index contributed by atoms with van der Waals surface area (Å²) in [5.74, 6) is -8.12. The number of alkyl halides is 2. The highest BCUT2D eigenvalue weighted by Crippen LogP contribution is 2.34. The summed E-state index contributed by atoms with van der Waals surface area (Å²) < 4.78 is 58.7. The molecule has 0 aromatic heterocycles. The van der Waals surface area contributed by atoms with Crippen molar-refractivity contribution >= 4 is 44.8 Å². The first-order valence-corrected chi connectivity index (χ1v) is 11.1. The van der Waals surface area contributed by atoms with Gasteiger partial charge in [0.25, 0.3) is 0 Å². The van der Waals surface area contributed by atoms with Gasteiger partial charge in [-0.3, -0.25) is 9.59 Å². The molecule has 0 aliphatic heterocycles. The highest BCUT2D eigenvalue weighted by Gasteiger charge is 2.43. The number of carbonyl (C=O) groups excluding carboxylic acids is 2. The molecule has 0 unspecified atom stereocenters. The summed E-state index contributed by atoms with van der Waals surface area (Å²) in [6.45, 7) is 0. The zero-order chi connectivity index (χ0) is 22.5. The molecule has 0 amide bonds. The van der Waals surface area contributed by atoms with Gasteiger partial charge in [0.15, 0.2) is 9.84 Å². The monoisotopic (exact) mass is 478 g/mol. The van der Waals surface area contributed by atoms with Crippen LogP contribution in [0.3, 0.4) is 0 Å². The van der Waals surface area contributed by atoms with E-state index in [9.17, 15) is 26.8 Å². The number of benzene rings is 2. The van der Waals surface area contributed by atoms with E-state index in [4.69, 9.17) is 23.2 Å². The molecule has 0 atom stereocenters. The molecule has 0 spiro atoms. The second-order valence-corrected chi connectivity index (χ2v) is 9.45. The topological polar surface area (TPSA) is 77.5 Å². The van der Waals surface area contributed by atoms with Crippen LogP contribution in [-0.2, 0) is 24.2 Å². The zero-order valence-corrected chi connectivity index (χ0v) is 18.1. The first-order chi connectivity index (χ1) is 14.0. The third-order valence-corrected chi connectivity index (χ3v) is 6.75. The summed E-state index contributed by atoms with van der Waals surface area (Å²) >= 11 is 11.7. The largest absolute Gasteiger partial charge is 0.469 e. The van der Waals surface area contributed by atoms with E-state index in [-0.39, 0.29) is 11.1 Å². The van der Waals surface area contributed by atoms with Crippen LogP contribution in [0.1, 0.15) is 29.2 Å². The Bertz CT molecular complexity index is 961. The van der Waals surface area contributed by atoms with Gasteiger partial charge in [0.2, 0.25) is 5.78 Å². The average Bonchev–Trinajstić information content (AvgIpc) is 2.68. The normalized spacial score (nSPS) is 12.1. The summed E-state index contributed by atoms with van der Waals surface area (Å²) in [6.07, 6.45) is -1.85. The van der Waals surface area contributed by atoms with E-state index in [2.05, 4.69) is 4.74 Å². The van der Waals surface area contributed by atoms with E-state index < -0.39 is 51.4 Å². The van der Waals surface area contributed by atoms with Crippen LogP contribution in [0, 0.1) is 0 Å². The number of carbonyl (C=O) groups is 2. The Morgan fingerprint density at radius 2 is 1.40 bits per heavy atom. The van der Waals surface area contributed by atoms with E-state index in [1.54, 1.807) is 0 Å². The highest BCUT2D eigenvalue weighted by atomic mass is 35.5. The van der Waals surface area contributed by atoms with Gasteiger partial charge in [0.1, 0.15) is 11.0 Å².